The predicted molar refractivity (Wildman–Crippen MR) is 42.8 cm³/mol. The molecule has 0 aromatic carbocycles. The molecule has 0 aliphatic rings. The highest BCUT2D eigenvalue weighted by molar-refractivity contribution is 5.44. The van der Waals surface area contributed by atoms with Gasteiger partial charge < -0.3 is 9.67 Å². The molecule has 62 valence electrons. The van der Waals surface area contributed by atoms with E-state index < -0.39 is 5.56 Å². The summed E-state index contributed by atoms with van der Waals surface area (Å²) >= 11 is 0. The first-order valence-corrected chi connectivity index (χ1v) is 3.37. The minimum absolute atomic E-state index is 0.197. The smallest absolute Gasteiger partial charge is 0.272 e. The van der Waals surface area contributed by atoms with Crippen molar-refractivity contribution in [3.63, 3.8) is 0 Å². The summed E-state index contributed by atoms with van der Waals surface area (Å²) in [6, 6.07) is 1.66. The van der Waals surface area contributed by atoms with Gasteiger partial charge in [0.15, 0.2) is 5.56 Å². The van der Waals surface area contributed by atoms with Gasteiger partial charge in [0.25, 0.3) is 5.56 Å². The third-order valence-electron chi connectivity index (χ3n) is 1.64. The Labute approximate surface area is 69.3 Å². The Balaban J connectivity index is 3.68. The minimum Gasteiger partial charge on any atom is -0.506 e. The number of nitriles is 1. The van der Waals surface area contributed by atoms with Crippen LogP contribution < -0.4 is 5.56 Å². The van der Waals surface area contributed by atoms with Gasteiger partial charge in [0.2, 0.25) is 0 Å². The molecular formula is C8H8N2O2. The maximum Gasteiger partial charge on any atom is 0.272 e. The number of hydrogen-bond acceptors (Lipinski definition) is 3. The molecule has 4 heteroatoms. The molecule has 0 saturated carbocycles. The van der Waals surface area contributed by atoms with Crippen LogP contribution in [0.4, 0.5) is 0 Å². The molecule has 1 aromatic heterocycles. The van der Waals surface area contributed by atoms with Crippen LogP contribution in [0.1, 0.15) is 11.1 Å². The van der Waals surface area contributed by atoms with E-state index in [1.54, 1.807) is 13.0 Å². The summed E-state index contributed by atoms with van der Waals surface area (Å²) in [4.78, 5) is 11.2. The molecule has 0 atom stereocenters. The fourth-order valence-corrected chi connectivity index (χ4v) is 0.986. The highest BCUT2D eigenvalue weighted by atomic mass is 16.3. The van der Waals surface area contributed by atoms with Crippen molar-refractivity contribution in [2.45, 2.75) is 6.92 Å². The highest BCUT2D eigenvalue weighted by Gasteiger charge is 2.09. The Hall–Kier alpha value is -1.76. The van der Waals surface area contributed by atoms with E-state index in [-0.39, 0.29) is 11.3 Å². The van der Waals surface area contributed by atoms with Gasteiger partial charge in [-0.25, -0.2) is 0 Å². The van der Waals surface area contributed by atoms with E-state index in [4.69, 9.17) is 5.26 Å². The Kier molecular flexibility index (Phi) is 1.88. The molecule has 4 nitrogen and oxygen atoms in total. The van der Waals surface area contributed by atoms with Crippen LogP contribution in [0.2, 0.25) is 0 Å². The number of pyridine rings is 1. The molecule has 1 heterocycles. The van der Waals surface area contributed by atoms with Gasteiger partial charge in [-0.3, -0.25) is 4.79 Å². The molecule has 0 aliphatic heterocycles. The maximum atomic E-state index is 11.2. The van der Waals surface area contributed by atoms with Crippen molar-refractivity contribution >= 4 is 0 Å². The zero-order valence-corrected chi connectivity index (χ0v) is 6.83. The van der Waals surface area contributed by atoms with Gasteiger partial charge >= 0.3 is 0 Å². The standard InChI is InChI=1S/C8H8N2O2/c1-5-4-10(2)8(12)6(3-9)7(5)11/h4,11H,1-2H3. The lowest BCUT2D eigenvalue weighted by atomic mass is 10.2. The summed E-state index contributed by atoms with van der Waals surface area (Å²) in [6.45, 7) is 1.63. The van der Waals surface area contributed by atoms with Gasteiger partial charge in [-0.1, -0.05) is 0 Å². The fraction of sp³-hybridized carbons (Fsp3) is 0.250. The van der Waals surface area contributed by atoms with Crippen LogP contribution in [0.3, 0.4) is 0 Å². The van der Waals surface area contributed by atoms with Crippen LogP contribution in [-0.4, -0.2) is 9.67 Å². The van der Waals surface area contributed by atoms with Crippen molar-refractivity contribution in [1.82, 2.24) is 4.57 Å². The van der Waals surface area contributed by atoms with E-state index >= 15 is 0 Å². The quantitative estimate of drug-likeness (QED) is 0.598. The molecule has 0 aliphatic carbocycles. The van der Waals surface area contributed by atoms with Gasteiger partial charge in [-0.2, -0.15) is 5.26 Å². The van der Waals surface area contributed by atoms with Crippen LogP contribution in [0.5, 0.6) is 5.75 Å². The molecule has 0 radical (unpaired) electrons. The third kappa shape index (κ3) is 1.05. The lowest BCUT2D eigenvalue weighted by Crippen LogP contribution is -2.19. The summed E-state index contributed by atoms with van der Waals surface area (Å²) in [5.74, 6) is -0.222. The molecule has 1 aromatic rings. The molecule has 0 saturated heterocycles. The second-order valence-electron chi connectivity index (χ2n) is 2.56. The first-order valence-electron chi connectivity index (χ1n) is 3.37. The SMILES string of the molecule is Cc1cn(C)c(=O)c(C#N)c1O. The van der Waals surface area contributed by atoms with Gasteiger partial charge in [-0.05, 0) is 6.92 Å². The van der Waals surface area contributed by atoms with Crippen LogP contribution in [0, 0.1) is 18.3 Å². The summed E-state index contributed by atoms with van der Waals surface area (Å²) in [7, 11) is 1.54. The van der Waals surface area contributed by atoms with Gasteiger partial charge in [0.1, 0.15) is 11.8 Å². The molecule has 12 heavy (non-hydrogen) atoms. The first kappa shape index (κ1) is 8.34. The van der Waals surface area contributed by atoms with Crippen molar-refractivity contribution in [1.29, 1.82) is 5.26 Å². The van der Waals surface area contributed by atoms with E-state index in [9.17, 15) is 9.90 Å². The number of rotatable bonds is 0. The fourth-order valence-electron chi connectivity index (χ4n) is 0.986. The van der Waals surface area contributed by atoms with E-state index in [1.165, 1.54) is 17.8 Å². The largest absolute Gasteiger partial charge is 0.506 e. The molecule has 0 spiro atoms. The first-order chi connectivity index (χ1) is 5.57. The molecule has 0 amide bonds. The number of nitrogens with zero attached hydrogens (tertiary/aromatic N) is 2. The summed E-state index contributed by atoms with van der Waals surface area (Å²) in [5, 5.41) is 17.8. The molecular weight excluding hydrogens is 156 g/mol. The number of aromatic hydroxyl groups is 1. The number of aryl methyl sites for hydroxylation is 2. The zero-order chi connectivity index (χ0) is 9.30. The highest BCUT2D eigenvalue weighted by Crippen LogP contribution is 2.16. The molecule has 1 N–H and O–H groups in total. The van der Waals surface area contributed by atoms with Gasteiger partial charge in [0, 0.05) is 18.8 Å². The van der Waals surface area contributed by atoms with E-state index in [2.05, 4.69) is 0 Å². The van der Waals surface area contributed by atoms with Crippen molar-refractivity contribution < 1.29 is 5.11 Å². The van der Waals surface area contributed by atoms with Gasteiger partial charge in [-0.15, -0.1) is 0 Å². The average molecular weight is 164 g/mol. The van der Waals surface area contributed by atoms with E-state index in [0.29, 0.717) is 5.56 Å². The van der Waals surface area contributed by atoms with Crippen molar-refractivity contribution in [2.75, 3.05) is 0 Å². The zero-order valence-electron chi connectivity index (χ0n) is 6.83. The van der Waals surface area contributed by atoms with Crippen molar-refractivity contribution in [2.24, 2.45) is 7.05 Å². The topological polar surface area (TPSA) is 66.0 Å². The summed E-state index contributed by atoms with van der Waals surface area (Å²) in [5.41, 5.74) is -0.147. The third-order valence-corrected chi connectivity index (χ3v) is 1.64. The molecule has 1 rings (SSSR count). The Morgan fingerprint density at radius 1 is 1.67 bits per heavy atom. The monoisotopic (exact) mass is 164 g/mol. The van der Waals surface area contributed by atoms with Crippen LogP contribution in [-0.2, 0) is 7.05 Å². The Morgan fingerprint density at radius 3 is 2.75 bits per heavy atom. The maximum absolute atomic E-state index is 11.2. The number of hydrogen-bond donors (Lipinski definition) is 1. The van der Waals surface area contributed by atoms with Crippen LogP contribution >= 0.6 is 0 Å². The minimum atomic E-state index is -0.472. The average Bonchev–Trinajstić information content (AvgIpc) is 2.02. The number of aromatic nitrogens is 1. The van der Waals surface area contributed by atoms with Gasteiger partial charge in [0.05, 0.1) is 0 Å². The predicted octanol–water partition coefficient (Wildman–Crippen LogP) is 0.271. The molecule has 0 fully saturated rings. The van der Waals surface area contributed by atoms with Crippen LogP contribution in [0.25, 0.3) is 0 Å². The van der Waals surface area contributed by atoms with E-state index in [0.717, 1.165) is 0 Å². The second-order valence-corrected chi connectivity index (χ2v) is 2.56. The summed E-state index contributed by atoms with van der Waals surface area (Å²) < 4.78 is 1.27. The van der Waals surface area contributed by atoms with Crippen molar-refractivity contribution in [3.8, 4) is 11.8 Å². The Morgan fingerprint density at radius 2 is 2.25 bits per heavy atom. The molecule has 0 unspecified atom stereocenters. The Bertz CT molecular complexity index is 412. The van der Waals surface area contributed by atoms with Crippen molar-refractivity contribution in [3.05, 3.63) is 27.7 Å². The van der Waals surface area contributed by atoms with E-state index in [1.807, 2.05) is 0 Å². The summed E-state index contributed by atoms with van der Waals surface area (Å²) in [6.07, 6.45) is 1.48. The van der Waals surface area contributed by atoms with Crippen LogP contribution in [0.15, 0.2) is 11.0 Å². The second kappa shape index (κ2) is 2.70. The normalized spacial score (nSPS) is 9.42. The lowest BCUT2D eigenvalue weighted by molar-refractivity contribution is 0.465. The lowest BCUT2D eigenvalue weighted by Gasteiger charge is -2.02. The molecule has 0 bridgehead atoms.